The molecule has 3 nitrogen and oxygen atoms in total. The van der Waals surface area contributed by atoms with Crippen LogP contribution in [0.25, 0.3) is 0 Å². The molecule has 3 atom stereocenters. The first kappa shape index (κ1) is 15.6. The second-order valence-electron chi connectivity index (χ2n) is 5.70. The summed E-state index contributed by atoms with van der Waals surface area (Å²) >= 11 is 5.88. The van der Waals surface area contributed by atoms with Crippen molar-refractivity contribution in [2.24, 2.45) is 5.92 Å². The molecule has 1 aromatic carbocycles. The van der Waals surface area contributed by atoms with Crippen LogP contribution >= 0.6 is 11.6 Å². The number of nitrogens with one attached hydrogen (secondary N) is 1. The molecule has 112 valence electrons. The van der Waals surface area contributed by atoms with Gasteiger partial charge in [-0.3, -0.25) is 0 Å². The second kappa shape index (κ2) is 7.87. The third-order valence-electron chi connectivity index (χ3n) is 3.97. The van der Waals surface area contributed by atoms with Gasteiger partial charge in [-0.05, 0) is 37.0 Å². The van der Waals surface area contributed by atoms with Crippen LogP contribution in [0.1, 0.15) is 32.6 Å². The van der Waals surface area contributed by atoms with Crippen LogP contribution in [0.2, 0.25) is 5.02 Å². The molecule has 0 amide bonds. The lowest BCUT2D eigenvalue weighted by molar-refractivity contribution is 0.0985. The summed E-state index contributed by atoms with van der Waals surface area (Å²) in [5.41, 5.74) is 0. The largest absolute Gasteiger partial charge is 0.491 e. The zero-order valence-corrected chi connectivity index (χ0v) is 12.8. The molecule has 0 aromatic heterocycles. The highest BCUT2D eigenvalue weighted by Gasteiger charge is 2.21. The fourth-order valence-electron chi connectivity index (χ4n) is 2.72. The molecule has 2 rings (SSSR count). The van der Waals surface area contributed by atoms with Crippen molar-refractivity contribution in [1.82, 2.24) is 5.32 Å². The molecule has 2 N–H and O–H groups in total. The Morgan fingerprint density at radius 3 is 2.95 bits per heavy atom. The first-order valence-electron chi connectivity index (χ1n) is 7.45. The van der Waals surface area contributed by atoms with Gasteiger partial charge in [0.1, 0.15) is 18.5 Å². The van der Waals surface area contributed by atoms with E-state index in [1.807, 2.05) is 12.1 Å². The van der Waals surface area contributed by atoms with Gasteiger partial charge in [-0.25, -0.2) is 0 Å². The second-order valence-corrected chi connectivity index (χ2v) is 6.14. The highest BCUT2D eigenvalue weighted by Crippen LogP contribution is 2.23. The molecular weight excluding hydrogens is 274 g/mol. The van der Waals surface area contributed by atoms with Gasteiger partial charge in [-0.2, -0.15) is 0 Å². The fraction of sp³-hybridized carbons (Fsp3) is 0.625. The maximum Gasteiger partial charge on any atom is 0.120 e. The Morgan fingerprint density at radius 1 is 1.40 bits per heavy atom. The van der Waals surface area contributed by atoms with Gasteiger partial charge in [0.25, 0.3) is 0 Å². The third kappa shape index (κ3) is 4.97. The summed E-state index contributed by atoms with van der Waals surface area (Å²) in [6.07, 6.45) is 4.62. The molecule has 20 heavy (non-hydrogen) atoms. The monoisotopic (exact) mass is 297 g/mol. The van der Waals surface area contributed by atoms with E-state index in [0.717, 1.165) is 0 Å². The number of halogens is 1. The molecule has 0 saturated heterocycles. The van der Waals surface area contributed by atoms with E-state index in [4.69, 9.17) is 16.3 Å². The van der Waals surface area contributed by atoms with Crippen molar-refractivity contribution < 1.29 is 9.84 Å². The zero-order chi connectivity index (χ0) is 14.4. The summed E-state index contributed by atoms with van der Waals surface area (Å²) in [4.78, 5) is 0. The molecule has 1 aliphatic carbocycles. The van der Waals surface area contributed by atoms with Gasteiger partial charge in [-0.15, -0.1) is 0 Å². The van der Waals surface area contributed by atoms with Crippen molar-refractivity contribution in [2.75, 3.05) is 13.2 Å². The van der Waals surface area contributed by atoms with E-state index in [2.05, 4.69) is 12.2 Å². The van der Waals surface area contributed by atoms with Crippen molar-refractivity contribution >= 4 is 11.6 Å². The molecule has 1 fully saturated rings. The molecule has 1 saturated carbocycles. The van der Waals surface area contributed by atoms with Crippen molar-refractivity contribution in [1.29, 1.82) is 0 Å². The first-order valence-corrected chi connectivity index (χ1v) is 7.83. The molecule has 4 heteroatoms. The van der Waals surface area contributed by atoms with Crippen LogP contribution in [0, 0.1) is 5.92 Å². The smallest absolute Gasteiger partial charge is 0.120 e. The summed E-state index contributed by atoms with van der Waals surface area (Å²) < 4.78 is 5.54. The molecule has 0 aliphatic heterocycles. The molecule has 0 heterocycles. The number of hydrogen-bond donors (Lipinski definition) is 2. The summed E-state index contributed by atoms with van der Waals surface area (Å²) in [5, 5.41) is 14.1. The Balaban J connectivity index is 1.68. The topological polar surface area (TPSA) is 41.5 Å². The Labute approximate surface area is 126 Å². The minimum absolute atomic E-state index is 0.286. The van der Waals surface area contributed by atoms with Gasteiger partial charge in [0, 0.05) is 17.6 Å². The van der Waals surface area contributed by atoms with Crippen molar-refractivity contribution in [3.63, 3.8) is 0 Å². The van der Waals surface area contributed by atoms with E-state index in [-0.39, 0.29) is 6.61 Å². The van der Waals surface area contributed by atoms with Crippen molar-refractivity contribution in [3.8, 4) is 5.75 Å². The average molecular weight is 298 g/mol. The number of ether oxygens (including phenoxy) is 1. The lowest BCUT2D eigenvalue weighted by Gasteiger charge is -2.30. The van der Waals surface area contributed by atoms with Gasteiger partial charge >= 0.3 is 0 Å². The van der Waals surface area contributed by atoms with Crippen LogP contribution in [0.15, 0.2) is 24.3 Å². The van der Waals surface area contributed by atoms with E-state index in [1.165, 1.54) is 25.7 Å². The average Bonchev–Trinajstić information content (AvgIpc) is 2.44. The molecule has 0 radical (unpaired) electrons. The highest BCUT2D eigenvalue weighted by atomic mass is 35.5. The zero-order valence-electron chi connectivity index (χ0n) is 12.0. The lowest BCUT2D eigenvalue weighted by atomic mass is 9.86. The van der Waals surface area contributed by atoms with Gasteiger partial charge < -0.3 is 15.2 Å². The SMILES string of the molecule is CC1CCCCC1NCC(O)COc1cccc(Cl)c1. The summed E-state index contributed by atoms with van der Waals surface area (Å²) in [7, 11) is 0. The number of aliphatic hydroxyl groups is 1. The minimum Gasteiger partial charge on any atom is -0.491 e. The van der Waals surface area contributed by atoms with Gasteiger partial charge in [0.05, 0.1) is 0 Å². The summed E-state index contributed by atoms with van der Waals surface area (Å²) in [5.74, 6) is 1.40. The van der Waals surface area contributed by atoms with Crippen LogP contribution in [-0.2, 0) is 0 Å². The number of benzene rings is 1. The quantitative estimate of drug-likeness (QED) is 0.847. The van der Waals surface area contributed by atoms with Crippen molar-refractivity contribution in [2.45, 2.75) is 44.8 Å². The maximum atomic E-state index is 9.98. The number of aliphatic hydroxyl groups excluding tert-OH is 1. The van der Waals surface area contributed by atoms with Crippen LogP contribution in [0.5, 0.6) is 5.75 Å². The Hall–Kier alpha value is -0.770. The third-order valence-corrected chi connectivity index (χ3v) is 4.20. The Morgan fingerprint density at radius 2 is 2.20 bits per heavy atom. The van der Waals surface area contributed by atoms with Crippen LogP contribution in [-0.4, -0.2) is 30.4 Å². The first-order chi connectivity index (χ1) is 9.65. The van der Waals surface area contributed by atoms with Gasteiger partial charge in [0.15, 0.2) is 0 Å². The predicted molar refractivity (Wildman–Crippen MR) is 82.4 cm³/mol. The van der Waals surface area contributed by atoms with Gasteiger partial charge in [-0.1, -0.05) is 37.4 Å². The molecule has 0 bridgehead atoms. The fourth-order valence-corrected chi connectivity index (χ4v) is 2.90. The van der Waals surface area contributed by atoms with E-state index >= 15 is 0 Å². The number of hydrogen-bond acceptors (Lipinski definition) is 3. The van der Waals surface area contributed by atoms with Crippen LogP contribution in [0.4, 0.5) is 0 Å². The maximum absolute atomic E-state index is 9.98. The summed E-state index contributed by atoms with van der Waals surface area (Å²) in [6.45, 7) is 3.15. The molecule has 0 spiro atoms. The van der Waals surface area contributed by atoms with E-state index < -0.39 is 6.10 Å². The Bertz CT molecular complexity index is 413. The summed E-state index contributed by atoms with van der Waals surface area (Å²) in [6, 6.07) is 7.77. The van der Waals surface area contributed by atoms with Crippen LogP contribution in [0.3, 0.4) is 0 Å². The lowest BCUT2D eigenvalue weighted by Crippen LogP contribution is -2.42. The molecule has 3 unspecified atom stereocenters. The van der Waals surface area contributed by atoms with Gasteiger partial charge in [0.2, 0.25) is 0 Å². The normalized spacial score (nSPS) is 24.4. The Kier molecular flexibility index (Phi) is 6.14. The standard InChI is InChI=1S/C16H24ClNO2/c1-12-5-2-3-8-16(12)18-10-14(19)11-20-15-7-4-6-13(17)9-15/h4,6-7,9,12,14,16,18-19H,2-3,5,8,10-11H2,1H3. The predicted octanol–water partition coefficient (Wildman–Crippen LogP) is 3.25. The number of rotatable bonds is 6. The van der Waals surface area contributed by atoms with Crippen LogP contribution < -0.4 is 10.1 Å². The van der Waals surface area contributed by atoms with E-state index in [1.54, 1.807) is 12.1 Å². The molecule has 1 aromatic rings. The molecule has 1 aliphatic rings. The minimum atomic E-state index is -0.497. The van der Waals surface area contributed by atoms with E-state index in [0.29, 0.717) is 29.3 Å². The van der Waals surface area contributed by atoms with Crippen molar-refractivity contribution in [3.05, 3.63) is 29.3 Å². The molecular formula is C16H24ClNO2. The van der Waals surface area contributed by atoms with E-state index in [9.17, 15) is 5.11 Å². The highest BCUT2D eigenvalue weighted by molar-refractivity contribution is 6.30.